The molecule has 1 atom stereocenters. The molecule has 0 amide bonds. The van der Waals surface area contributed by atoms with Gasteiger partial charge in [-0.25, -0.2) is 0 Å². The van der Waals surface area contributed by atoms with Crippen molar-refractivity contribution in [1.29, 1.82) is 0 Å². The topological polar surface area (TPSA) is 38.3 Å². The molecule has 1 unspecified atom stereocenters. The van der Waals surface area contributed by atoms with Gasteiger partial charge in [-0.1, -0.05) is 36.4 Å². The van der Waals surface area contributed by atoms with Gasteiger partial charge in [0.15, 0.2) is 5.78 Å². The van der Waals surface area contributed by atoms with Crippen LogP contribution in [0.3, 0.4) is 0 Å². The first-order chi connectivity index (χ1) is 11.3. The zero-order valence-corrected chi connectivity index (χ0v) is 13.9. The molecule has 1 heterocycles. The number of ether oxygens (including phenoxy) is 1. The van der Waals surface area contributed by atoms with E-state index in [4.69, 9.17) is 4.74 Å². The number of Topliss-reactive ketones (excluding diaryl/α,β-unsaturated/α-hetero) is 1. The first-order valence-corrected chi connectivity index (χ1v) is 8.60. The number of nitrogens with one attached hydrogen (secondary N) is 1. The van der Waals surface area contributed by atoms with Crippen molar-refractivity contribution in [2.75, 3.05) is 12.3 Å². The molecular formula is C19H21NO2S. The lowest BCUT2D eigenvalue weighted by Gasteiger charge is -2.25. The van der Waals surface area contributed by atoms with Crippen LogP contribution in [0.25, 0.3) is 0 Å². The van der Waals surface area contributed by atoms with Gasteiger partial charge in [-0.05, 0) is 42.0 Å². The highest BCUT2D eigenvalue weighted by atomic mass is 32.1. The van der Waals surface area contributed by atoms with E-state index < -0.39 is 0 Å². The van der Waals surface area contributed by atoms with E-state index in [2.05, 4.69) is 42.2 Å². The second kappa shape index (κ2) is 7.66. The Morgan fingerprint density at radius 2 is 1.91 bits per heavy atom. The van der Waals surface area contributed by atoms with Gasteiger partial charge in [0.25, 0.3) is 0 Å². The molecule has 0 saturated carbocycles. The van der Waals surface area contributed by atoms with Crippen molar-refractivity contribution in [1.82, 2.24) is 5.32 Å². The van der Waals surface area contributed by atoms with Crippen LogP contribution in [0.5, 0.6) is 5.75 Å². The third-order valence-corrected chi connectivity index (χ3v) is 4.34. The van der Waals surface area contributed by atoms with Gasteiger partial charge >= 0.3 is 0 Å². The maximum atomic E-state index is 12.2. The van der Waals surface area contributed by atoms with Crippen molar-refractivity contribution in [3.8, 4) is 5.75 Å². The number of rotatable bonds is 6. The molecule has 1 aliphatic heterocycles. The van der Waals surface area contributed by atoms with E-state index in [1.807, 2.05) is 24.3 Å². The molecule has 23 heavy (non-hydrogen) atoms. The third-order valence-electron chi connectivity index (χ3n) is 4.02. The third kappa shape index (κ3) is 3.95. The molecule has 1 aliphatic rings. The fourth-order valence-electron chi connectivity index (χ4n) is 2.75. The number of thiol groups is 1. The summed E-state index contributed by atoms with van der Waals surface area (Å²) in [6, 6.07) is 15.8. The predicted octanol–water partition coefficient (Wildman–Crippen LogP) is 3.80. The second-order valence-electron chi connectivity index (χ2n) is 5.73. The first-order valence-electron chi connectivity index (χ1n) is 7.97. The summed E-state index contributed by atoms with van der Waals surface area (Å²) < 4.78 is 6.00. The summed E-state index contributed by atoms with van der Waals surface area (Å²) >= 11 is 4.20. The highest BCUT2D eigenvalue weighted by Crippen LogP contribution is 2.34. The fraction of sp³-hybridized carbons (Fsp3) is 0.316. The number of para-hydroxylation sites is 1. The summed E-state index contributed by atoms with van der Waals surface area (Å²) in [5.41, 5.74) is 2.97. The van der Waals surface area contributed by atoms with Gasteiger partial charge in [-0.3, -0.25) is 4.79 Å². The van der Waals surface area contributed by atoms with Gasteiger partial charge in [-0.15, -0.1) is 0 Å². The Morgan fingerprint density at radius 1 is 1.13 bits per heavy atom. The smallest absolute Gasteiger partial charge is 0.170 e. The molecule has 4 heteroatoms. The van der Waals surface area contributed by atoms with E-state index in [1.54, 1.807) is 0 Å². The van der Waals surface area contributed by atoms with Gasteiger partial charge in [0.2, 0.25) is 0 Å². The fourth-order valence-corrected chi connectivity index (χ4v) is 2.90. The zero-order valence-electron chi connectivity index (χ0n) is 13.0. The van der Waals surface area contributed by atoms with Gasteiger partial charge in [-0.2, -0.15) is 12.6 Å². The molecule has 0 aromatic heterocycles. The summed E-state index contributed by atoms with van der Waals surface area (Å²) in [6.07, 6.45) is 1.28. The van der Waals surface area contributed by atoms with Crippen LogP contribution in [0.1, 0.15) is 40.4 Å². The van der Waals surface area contributed by atoms with Crippen LogP contribution in [-0.2, 0) is 6.54 Å². The lowest BCUT2D eigenvalue weighted by molar-refractivity contribution is 0.0850. The minimum atomic E-state index is -0.191. The molecule has 2 aromatic rings. The van der Waals surface area contributed by atoms with Crippen molar-refractivity contribution >= 4 is 18.4 Å². The zero-order chi connectivity index (χ0) is 16.1. The van der Waals surface area contributed by atoms with Gasteiger partial charge < -0.3 is 10.1 Å². The van der Waals surface area contributed by atoms with Crippen LogP contribution < -0.4 is 10.1 Å². The molecule has 0 aliphatic carbocycles. The monoisotopic (exact) mass is 327 g/mol. The maximum absolute atomic E-state index is 12.2. The van der Waals surface area contributed by atoms with E-state index in [1.165, 1.54) is 5.56 Å². The first kappa shape index (κ1) is 16.1. The second-order valence-corrected chi connectivity index (χ2v) is 6.17. The van der Waals surface area contributed by atoms with Gasteiger partial charge in [0.05, 0.1) is 12.0 Å². The minimum Gasteiger partial charge on any atom is -0.484 e. The minimum absolute atomic E-state index is 0.148. The number of ketones is 1. The lowest BCUT2D eigenvalue weighted by atomic mass is 9.96. The number of carbonyl (C=O) groups excluding carboxylic acids is 1. The van der Waals surface area contributed by atoms with Crippen molar-refractivity contribution in [3.63, 3.8) is 0 Å². The van der Waals surface area contributed by atoms with Crippen LogP contribution in [0.15, 0.2) is 48.5 Å². The number of carbonyl (C=O) groups is 1. The average Bonchev–Trinajstić information content (AvgIpc) is 2.59. The molecule has 3 rings (SSSR count). The molecular weight excluding hydrogens is 306 g/mol. The van der Waals surface area contributed by atoms with Crippen LogP contribution in [0.2, 0.25) is 0 Å². The molecule has 3 nitrogen and oxygen atoms in total. The Bertz CT molecular complexity index is 669. The molecule has 0 fully saturated rings. The summed E-state index contributed by atoms with van der Waals surface area (Å²) in [5, 5.41) is 3.39. The SMILES string of the molecule is O=C1CC(c2ccc(CNCCCS)cc2)Oc2ccccc21. The van der Waals surface area contributed by atoms with E-state index in [9.17, 15) is 4.79 Å². The van der Waals surface area contributed by atoms with E-state index in [-0.39, 0.29) is 11.9 Å². The number of hydrogen-bond acceptors (Lipinski definition) is 4. The van der Waals surface area contributed by atoms with Gasteiger partial charge in [0, 0.05) is 6.54 Å². The maximum Gasteiger partial charge on any atom is 0.170 e. The molecule has 0 bridgehead atoms. The normalized spacial score (nSPS) is 16.7. The molecule has 2 aromatic carbocycles. The summed E-state index contributed by atoms with van der Waals surface area (Å²) in [4.78, 5) is 12.2. The standard InChI is InChI=1S/C19H21NO2S/c21-17-12-19(22-18-5-2-1-4-16(17)18)15-8-6-14(7-9-15)13-20-10-3-11-23/h1-2,4-9,19-20,23H,3,10-13H2. The van der Waals surface area contributed by atoms with Crippen molar-refractivity contribution in [2.24, 2.45) is 0 Å². The Hall–Kier alpha value is -1.78. The average molecular weight is 327 g/mol. The number of benzene rings is 2. The van der Waals surface area contributed by atoms with E-state index in [0.717, 1.165) is 30.8 Å². The number of fused-ring (bicyclic) bond motifs is 1. The van der Waals surface area contributed by atoms with Crippen LogP contribution in [-0.4, -0.2) is 18.1 Å². The Morgan fingerprint density at radius 3 is 2.70 bits per heavy atom. The Kier molecular flexibility index (Phi) is 5.36. The molecule has 0 spiro atoms. The Labute approximate surface area is 142 Å². The van der Waals surface area contributed by atoms with Gasteiger partial charge in [0.1, 0.15) is 11.9 Å². The quantitative estimate of drug-likeness (QED) is 0.626. The van der Waals surface area contributed by atoms with Crippen molar-refractivity contribution in [3.05, 3.63) is 65.2 Å². The highest BCUT2D eigenvalue weighted by Gasteiger charge is 2.27. The number of hydrogen-bond donors (Lipinski definition) is 2. The van der Waals surface area contributed by atoms with E-state index >= 15 is 0 Å². The van der Waals surface area contributed by atoms with Crippen LogP contribution >= 0.6 is 12.6 Å². The molecule has 1 N–H and O–H groups in total. The molecule has 0 radical (unpaired) electrons. The van der Waals surface area contributed by atoms with E-state index in [0.29, 0.717) is 17.7 Å². The largest absolute Gasteiger partial charge is 0.484 e. The summed E-state index contributed by atoms with van der Waals surface area (Å²) in [7, 11) is 0. The molecule has 0 saturated heterocycles. The van der Waals surface area contributed by atoms with Crippen LogP contribution in [0, 0.1) is 0 Å². The summed E-state index contributed by atoms with van der Waals surface area (Å²) in [6.45, 7) is 1.82. The van der Waals surface area contributed by atoms with Crippen molar-refractivity contribution < 1.29 is 9.53 Å². The summed E-state index contributed by atoms with van der Waals surface area (Å²) in [5.74, 6) is 1.74. The molecule has 120 valence electrons. The lowest BCUT2D eigenvalue weighted by Crippen LogP contribution is -2.20. The Balaban J connectivity index is 1.65. The van der Waals surface area contributed by atoms with Crippen molar-refractivity contribution in [2.45, 2.75) is 25.5 Å². The predicted molar refractivity (Wildman–Crippen MR) is 95.4 cm³/mol. The highest BCUT2D eigenvalue weighted by molar-refractivity contribution is 7.80. The van der Waals surface area contributed by atoms with Crippen LogP contribution in [0.4, 0.5) is 0 Å².